The van der Waals surface area contributed by atoms with Crippen LogP contribution in [0.3, 0.4) is 0 Å². The summed E-state index contributed by atoms with van der Waals surface area (Å²) in [5.41, 5.74) is 2.36. The van der Waals surface area contributed by atoms with Gasteiger partial charge in [0.1, 0.15) is 5.78 Å². The smallest absolute Gasteiger partial charge is 0.133 e. The first-order chi connectivity index (χ1) is 10.5. The van der Waals surface area contributed by atoms with Crippen LogP contribution >= 0.6 is 0 Å². The molecule has 22 heavy (non-hydrogen) atoms. The molecule has 0 bridgehead atoms. The molecule has 122 valence electrons. The highest BCUT2D eigenvalue weighted by Gasteiger charge is 2.57. The lowest BCUT2D eigenvalue weighted by atomic mass is 9.48. The van der Waals surface area contributed by atoms with Crippen molar-refractivity contribution in [3.63, 3.8) is 0 Å². The molecule has 3 fully saturated rings. The summed E-state index contributed by atoms with van der Waals surface area (Å²) in [4.78, 5) is 12.1. The van der Waals surface area contributed by atoms with Gasteiger partial charge in [-0.3, -0.25) is 4.79 Å². The Morgan fingerprint density at radius 1 is 1.14 bits per heavy atom. The number of ether oxygens (including phenoxy) is 1. The van der Waals surface area contributed by atoms with E-state index in [0.717, 1.165) is 31.1 Å². The summed E-state index contributed by atoms with van der Waals surface area (Å²) >= 11 is 0. The second kappa shape index (κ2) is 4.93. The van der Waals surface area contributed by atoms with Gasteiger partial charge in [0.25, 0.3) is 0 Å². The summed E-state index contributed by atoms with van der Waals surface area (Å²) in [5.74, 6) is 2.72. The first kappa shape index (κ1) is 14.9. The molecule has 3 saturated carbocycles. The maximum Gasteiger partial charge on any atom is 0.133 e. The largest absolute Gasteiger partial charge is 0.381 e. The number of methoxy groups -OCH3 is 1. The molecule has 6 atom stereocenters. The third-order valence-corrected chi connectivity index (χ3v) is 7.96. The number of hydrogen-bond acceptors (Lipinski definition) is 2. The predicted octanol–water partition coefficient (Wildman–Crippen LogP) is 4.53. The van der Waals surface area contributed by atoms with Gasteiger partial charge < -0.3 is 4.74 Å². The Bertz CT molecular complexity index is 522. The molecular weight excluding hydrogens is 272 g/mol. The van der Waals surface area contributed by atoms with E-state index in [4.69, 9.17) is 4.74 Å². The summed E-state index contributed by atoms with van der Waals surface area (Å²) in [6.45, 7) is 4.91. The summed E-state index contributed by atoms with van der Waals surface area (Å²) in [7, 11) is 1.86. The normalized spacial score (nSPS) is 50.9. The molecule has 2 nitrogen and oxygen atoms in total. The van der Waals surface area contributed by atoms with Crippen molar-refractivity contribution in [3.05, 3.63) is 11.6 Å². The van der Waals surface area contributed by atoms with Gasteiger partial charge in [-0.1, -0.05) is 25.5 Å². The van der Waals surface area contributed by atoms with E-state index in [2.05, 4.69) is 19.9 Å². The highest BCUT2D eigenvalue weighted by molar-refractivity contribution is 5.82. The zero-order valence-corrected chi connectivity index (χ0v) is 14.4. The van der Waals surface area contributed by atoms with Gasteiger partial charge >= 0.3 is 0 Å². The number of rotatable bonds is 1. The van der Waals surface area contributed by atoms with E-state index >= 15 is 0 Å². The third-order valence-electron chi connectivity index (χ3n) is 7.96. The van der Waals surface area contributed by atoms with Crippen LogP contribution in [0.5, 0.6) is 0 Å². The lowest BCUT2D eigenvalue weighted by molar-refractivity contribution is -0.118. The van der Waals surface area contributed by atoms with Crippen molar-refractivity contribution in [1.82, 2.24) is 0 Å². The van der Waals surface area contributed by atoms with Gasteiger partial charge in [-0.2, -0.15) is 0 Å². The Labute approximate surface area is 134 Å². The van der Waals surface area contributed by atoms with Crippen molar-refractivity contribution in [2.24, 2.45) is 28.6 Å². The first-order valence-electron chi connectivity index (χ1n) is 9.20. The summed E-state index contributed by atoms with van der Waals surface area (Å²) in [5, 5.41) is 0. The molecule has 0 aromatic rings. The predicted molar refractivity (Wildman–Crippen MR) is 87.5 cm³/mol. The zero-order valence-electron chi connectivity index (χ0n) is 14.4. The second-order valence-corrected chi connectivity index (χ2v) is 8.97. The van der Waals surface area contributed by atoms with Crippen LogP contribution in [0.2, 0.25) is 0 Å². The third kappa shape index (κ3) is 1.99. The van der Waals surface area contributed by atoms with Gasteiger partial charge in [-0.15, -0.1) is 0 Å². The molecule has 4 aliphatic rings. The average Bonchev–Trinajstić information content (AvgIpc) is 2.80. The van der Waals surface area contributed by atoms with E-state index in [1.165, 1.54) is 32.1 Å². The molecule has 6 unspecified atom stereocenters. The summed E-state index contributed by atoms with van der Waals surface area (Å²) in [6, 6.07) is 0. The standard InChI is InChI=1S/C20H30O2/c1-19-8-7-17-16(18(19)11-14(21)12-19)5-4-13-10-15(22-3)6-9-20(13,17)2/h4,15-18H,5-12H2,1-3H3. The van der Waals surface area contributed by atoms with Crippen LogP contribution in [-0.2, 0) is 9.53 Å². The number of carbonyl (C=O) groups is 1. The highest BCUT2D eigenvalue weighted by atomic mass is 16.5. The average molecular weight is 302 g/mol. The monoisotopic (exact) mass is 302 g/mol. The number of allylic oxidation sites excluding steroid dienone is 1. The first-order valence-corrected chi connectivity index (χ1v) is 9.20. The van der Waals surface area contributed by atoms with Gasteiger partial charge in [0.2, 0.25) is 0 Å². The summed E-state index contributed by atoms with van der Waals surface area (Å²) < 4.78 is 5.64. The fourth-order valence-electron chi connectivity index (χ4n) is 6.61. The molecule has 2 heteroatoms. The van der Waals surface area contributed by atoms with Crippen LogP contribution in [-0.4, -0.2) is 19.0 Å². The number of ketones is 1. The van der Waals surface area contributed by atoms with E-state index in [9.17, 15) is 4.79 Å². The molecule has 0 aliphatic heterocycles. The molecule has 0 heterocycles. The molecule has 0 spiro atoms. The molecule has 0 radical (unpaired) electrons. The quantitative estimate of drug-likeness (QED) is 0.665. The number of fused-ring (bicyclic) bond motifs is 5. The fraction of sp³-hybridized carbons (Fsp3) is 0.850. The molecular formula is C20H30O2. The Balaban J connectivity index is 1.65. The maximum absolute atomic E-state index is 12.1. The van der Waals surface area contributed by atoms with Gasteiger partial charge in [-0.05, 0) is 67.1 Å². The zero-order chi connectivity index (χ0) is 15.5. The number of Topliss-reactive ketones (excluding diaryl/α,β-unsaturated/α-hetero) is 1. The van der Waals surface area contributed by atoms with Crippen LogP contribution in [0.15, 0.2) is 11.6 Å². The minimum absolute atomic E-state index is 0.309. The van der Waals surface area contributed by atoms with Crippen molar-refractivity contribution >= 4 is 5.78 Å². The van der Waals surface area contributed by atoms with Crippen LogP contribution in [0.4, 0.5) is 0 Å². The molecule has 0 aromatic carbocycles. The van der Waals surface area contributed by atoms with E-state index in [1.807, 2.05) is 7.11 Å². The van der Waals surface area contributed by atoms with E-state index < -0.39 is 0 Å². The van der Waals surface area contributed by atoms with Gasteiger partial charge in [-0.25, -0.2) is 0 Å². The van der Waals surface area contributed by atoms with Crippen molar-refractivity contribution in [2.75, 3.05) is 7.11 Å². The summed E-state index contributed by atoms with van der Waals surface area (Å²) in [6.07, 6.45) is 12.1. The van der Waals surface area contributed by atoms with Gasteiger partial charge in [0.05, 0.1) is 6.10 Å². The fourth-order valence-corrected chi connectivity index (χ4v) is 6.61. The molecule has 0 saturated heterocycles. The van der Waals surface area contributed by atoms with Crippen molar-refractivity contribution in [1.29, 1.82) is 0 Å². The van der Waals surface area contributed by atoms with Crippen molar-refractivity contribution < 1.29 is 9.53 Å². The van der Waals surface area contributed by atoms with E-state index in [-0.39, 0.29) is 0 Å². The van der Waals surface area contributed by atoms with Crippen molar-refractivity contribution in [2.45, 2.75) is 71.3 Å². The minimum Gasteiger partial charge on any atom is -0.381 e. The Morgan fingerprint density at radius 2 is 1.95 bits per heavy atom. The van der Waals surface area contributed by atoms with Crippen molar-refractivity contribution in [3.8, 4) is 0 Å². The molecule has 4 rings (SSSR count). The molecule has 4 aliphatic carbocycles. The van der Waals surface area contributed by atoms with Crippen LogP contribution < -0.4 is 0 Å². The lowest BCUT2D eigenvalue weighted by Gasteiger charge is -2.57. The second-order valence-electron chi connectivity index (χ2n) is 8.97. The Morgan fingerprint density at radius 3 is 2.73 bits per heavy atom. The number of carbonyl (C=O) groups excluding carboxylic acids is 1. The van der Waals surface area contributed by atoms with Crippen LogP contribution in [0, 0.1) is 28.6 Å². The Hall–Kier alpha value is -0.630. The maximum atomic E-state index is 12.1. The Kier molecular flexibility index (Phi) is 3.35. The highest BCUT2D eigenvalue weighted by Crippen LogP contribution is 2.64. The molecule has 0 N–H and O–H groups in total. The van der Waals surface area contributed by atoms with Gasteiger partial charge in [0, 0.05) is 20.0 Å². The topological polar surface area (TPSA) is 26.3 Å². The minimum atomic E-state index is 0.309. The molecule has 0 aromatic heterocycles. The van der Waals surface area contributed by atoms with Crippen LogP contribution in [0.1, 0.15) is 65.2 Å². The lowest BCUT2D eigenvalue weighted by Crippen LogP contribution is -2.49. The van der Waals surface area contributed by atoms with Crippen LogP contribution in [0.25, 0.3) is 0 Å². The van der Waals surface area contributed by atoms with E-state index in [0.29, 0.717) is 28.6 Å². The molecule has 0 amide bonds. The van der Waals surface area contributed by atoms with Gasteiger partial charge in [0.15, 0.2) is 0 Å². The SMILES string of the molecule is COC1CCC2(C)C(=CCC3C4CC(=O)CC4(C)CCC32)C1. The van der Waals surface area contributed by atoms with E-state index in [1.54, 1.807) is 5.57 Å². The number of hydrogen-bond donors (Lipinski definition) is 0.